The highest BCUT2D eigenvalue weighted by Gasteiger charge is 2.35. The maximum absolute atomic E-state index is 13.0. The molecule has 0 saturated heterocycles. The lowest BCUT2D eigenvalue weighted by atomic mass is 9.76. The Balaban J connectivity index is 1.61. The molecule has 1 aliphatic carbocycles. The predicted octanol–water partition coefficient (Wildman–Crippen LogP) is 7.08. The normalized spacial score (nSPS) is 16.6. The molecule has 0 bridgehead atoms. The van der Waals surface area contributed by atoms with Crippen LogP contribution in [-0.2, 0) is 5.60 Å². The van der Waals surface area contributed by atoms with E-state index in [1.54, 1.807) is 6.20 Å². The van der Waals surface area contributed by atoms with Crippen molar-refractivity contribution in [3.05, 3.63) is 64.0 Å². The lowest BCUT2D eigenvalue weighted by Gasteiger charge is -2.35. The first-order valence-corrected chi connectivity index (χ1v) is 11.9. The quantitative estimate of drug-likeness (QED) is 0.366. The van der Waals surface area contributed by atoms with E-state index in [0.717, 1.165) is 41.3 Å². The van der Waals surface area contributed by atoms with Crippen LogP contribution in [0.1, 0.15) is 62.3 Å². The molecule has 1 saturated carbocycles. The van der Waals surface area contributed by atoms with Gasteiger partial charge in [-0.05, 0) is 84.4 Å². The topological polar surface area (TPSA) is 70.9 Å². The number of halogens is 3. The number of aliphatic hydroxyl groups is 1. The molecule has 33 heavy (non-hydrogen) atoms. The zero-order chi connectivity index (χ0) is 23.6. The van der Waals surface area contributed by atoms with Gasteiger partial charge in [0.25, 0.3) is 6.43 Å². The van der Waals surface area contributed by atoms with Gasteiger partial charge < -0.3 is 10.4 Å². The van der Waals surface area contributed by atoms with Crippen LogP contribution in [0.25, 0.3) is 11.3 Å². The van der Waals surface area contributed by atoms with Gasteiger partial charge in [-0.1, -0.05) is 19.3 Å². The molecule has 0 aromatic carbocycles. The van der Waals surface area contributed by atoms with Crippen LogP contribution in [0.3, 0.4) is 0 Å². The second-order valence-electron chi connectivity index (χ2n) is 8.80. The van der Waals surface area contributed by atoms with Crippen molar-refractivity contribution in [1.82, 2.24) is 15.0 Å². The Kier molecular flexibility index (Phi) is 7.05. The van der Waals surface area contributed by atoms with Gasteiger partial charge in [-0.3, -0.25) is 4.98 Å². The Morgan fingerprint density at radius 2 is 1.85 bits per heavy atom. The average molecular weight is 517 g/mol. The summed E-state index contributed by atoms with van der Waals surface area (Å²) in [6.45, 7) is 3.79. The van der Waals surface area contributed by atoms with Crippen LogP contribution in [0.4, 0.5) is 20.4 Å². The fourth-order valence-electron chi connectivity index (χ4n) is 4.40. The minimum absolute atomic E-state index is 0.105. The summed E-state index contributed by atoms with van der Waals surface area (Å²) in [6.07, 6.45) is 6.03. The number of aryl methyl sites for hydroxylation is 1. The minimum atomic E-state index is -2.57. The maximum atomic E-state index is 13.0. The van der Waals surface area contributed by atoms with Crippen molar-refractivity contribution in [2.24, 2.45) is 5.92 Å². The van der Waals surface area contributed by atoms with Crippen molar-refractivity contribution >= 4 is 27.6 Å². The monoisotopic (exact) mass is 516 g/mol. The smallest absolute Gasteiger partial charge is 0.264 e. The highest BCUT2D eigenvalue weighted by Crippen LogP contribution is 2.39. The van der Waals surface area contributed by atoms with E-state index in [-0.39, 0.29) is 11.5 Å². The standard InChI is InChI=1S/C25H27BrF2N4O/c1-15-12-21(31-20-13-16(24(27)28)10-11-29-20)32-23(22(15)26)17-8-9-19(30-14-17)25(2,33)18-6-4-3-5-7-18/h8-14,18,24,33H,3-7H2,1-2H3,(H,29,31,32). The van der Waals surface area contributed by atoms with E-state index in [0.29, 0.717) is 23.0 Å². The molecule has 3 aromatic rings. The molecular weight excluding hydrogens is 490 g/mol. The van der Waals surface area contributed by atoms with Gasteiger partial charge in [0, 0.05) is 28.0 Å². The molecule has 1 unspecified atom stereocenters. The van der Waals surface area contributed by atoms with Gasteiger partial charge in [-0.25, -0.2) is 18.7 Å². The molecule has 1 aliphatic rings. The molecule has 174 valence electrons. The van der Waals surface area contributed by atoms with Crippen LogP contribution in [0.15, 0.2) is 47.2 Å². The Labute approximate surface area is 200 Å². The largest absolute Gasteiger partial charge is 0.384 e. The molecule has 0 amide bonds. The van der Waals surface area contributed by atoms with Crippen LogP contribution >= 0.6 is 15.9 Å². The van der Waals surface area contributed by atoms with Gasteiger partial charge >= 0.3 is 0 Å². The lowest BCUT2D eigenvalue weighted by molar-refractivity contribution is -0.0251. The Morgan fingerprint density at radius 1 is 1.09 bits per heavy atom. The summed E-state index contributed by atoms with van der Waals surface area (Å²) in [5, 5.41) is 14.2. The summed E-state index contributed by atoms with van der Waals surface area (Å²) in [5.41, 5.74) is 1.96. The van der Waals surface area contributed by atoms with Crippen LogP contribution in [0.2, 0.25) is 0 Å². The molecule has 5 nitrogen and oxygen atoms in total. The zero-order valence-corrected chi connectivity index (χ0v) is 20.2. The molecule has 2 N–H and O–H groups in total. The third kappa shape index (κ3) is 5.22. The van der Waals surface area contributed by atoms with Crippen LogP contribution in [0.5, 0.6) is 0 Å². The lowest BCUT2D eigenvalue weighted by Crippen LogP contribution is -2.34. The van der Waals surface area contributed by atoms with Gasteiger partial charge in [0.1, 0.15) is 17.2 Å². The van der Waals surface area contributed by atoms with E-state index in [1.165, 1.54) is 24.8 Å². The first-order valence-electron chi connectivity index (χ1n) is 11.1. The predicted molar refractivity (Wildman–Crippen MR) is 129 cm³/mol. The van der Waals surface area contributed by atoms with Crippen molar-refractivity contribution in [2.45, 2.75) is 58.0 Å². The highest BCUT2D eigenvalue weighted by molar-refractivity contribution is 9.10. The van der Waals surface area contributed by atoms with E-state index < -0.39 is 12.0 Å². The number of hydrogen-bond donors (Lipinski definition) is 2. The van der Waals surface area contributed by atoms with Crippen LogP contribution in [0, 0.1) is 12.8 Å². The van der Waals surface area contributed by atoms with E-state index >= 15 is 0 Å². The van der Waals surface area contributed by atoms with Gasteiger partial charge in [0.05, 0.1) is 11.4 Å². The number of anilines is 2. The number of nitrogens with one attached hydrogen (secondary N) is 1. The molecule has 1 atom stereocenters. The molecule has 0 aliphatic heterocycles. The molecule has 1 fully saturated rings. The van der Waals surface area contributed by atoms with Gasteiger partial charge in [0.2, 0.25) is 0 Å². The summed E-state index contributed by atoms with van der Waals surface area (Å²) < 4.78 is 26.9. The molecular formula is C25H27BrF2N4O. The van der Waals surface area contributed by atoms with E-state index in [4.69, 9.17) is 0 Å². The first kappa shape index (κ1) is 23.7. The second-order valence-corrected chi connectivity index (χ2v) is 9.59. The Morgan fingerprint density at radius 3 is 2.52 bits per heavy atom. The van der Waals surface area contributed by atoms with Gasteiger partial charge in [-0.15, -0.1) is 0 Å². The number of alkyl halides is 2. The van der Waals surface area contributed by atoms with E-state index in [9.17, 15) is 13.9 Å². The average Bonchev–Trinajstić information content (AvgIpc) is 2.82. The maximum Gasteiger partial charge on any atom is 0.264 e. The summed E-state index contributed by atoms with van der Waals surface area (Å²) in [6, 6.07) is 8.19. The fourth-order valence-corrected chi connectivity index (χ4v) is 4.83. The molecule has 4 rings (SSSR count). The zero-order valence-electron chi connectivity index (χ0n) is 18.7. The number of rotatable bonds is 6. The summed E-state index contributed by atoms with van der Waals surface area (Å²) in [5.74, 6) is 0.994. The number of pyridine rings is 3. The van der Waals surface area contributed by atoms with Crippen molar-refractivity contribution < 1.29 is 13.9 Å². The number of hydrogen-bond acceptors (Lipinski definition) is 5. The van der Waals surface area contributed by atoms with Crippen LogP contribution in [-0.4, -0.2) is 20.1 Å². The summed E-state index contributed by atoms with van der Waals surface area (Å²) >= 11 is 3.61. The van der Waals surface area contributed by atoms with Gasteiger partial charge in [0.15, 0.2) is 0 Å². The molecule has 3 aromatic heterocycles. The van der Waals surface area contributed by atoms with Gasteiger partial charge in [-0.2, -0.15) is 0 Å². The Hall–Kier alpha value is -2.45. The molecule has 8 heteroatoms. The minimum Gasteiger partial charge on any atom is -0.384 e. The van der Waals surface area contributed by atoms with E-state index in [1.807, 2.05) is 32.0 Å². The highest BCUT2D eigenvalue weighted by atomic mass is 79.9. The second kappa shape index (κ2) is 9.81. The SMILES string of the molecule is Cc1cc(Nc2cc(C(F)F)ccn2)nc(-c2ccc(C(C)(O)C3CCCCC3)nc2)c1Br. The third-order valence-electron chi connectivity index (χ3n) is 6.39. The van der Waals surface area contributed by atoms with Crippen molar-refractivity contribution in [1.29, 1.82) is 0 Å². The summed E-state index contributed by atoms with van der Waals surface area (Å²) in [7, 11) is 0. The summed E-state index contributed by atoms with van der Waals surface area (Å²) in [4.78, 5) is 13.4. The number of nitrogens with zero attached hydrogens (tertiary/aromatic N) is 3. The third-order valence-corrected chi connectivity index (χ3v) is 7.39. The van der Waals surface area contributed by atoms with Crippen molar-refractivity contribution in [2.75, 3.05) is 5.32 Å². The molecule has 0 spiro atoms. The fraction of sp³-hybridized carbons (Fsp3) is 0.400. The Bertz CT molecular complexity index is 1120. The van der Waals surface area contributed by atoms with Crippen LogP contribution < -0.4 is 5.32 Å². The van der Waals surface area contributed by atoms with Crippen molar-refractivity contribution in [3.8, 4) is 11.3 Å². The molecule has 0 radical (unpaired) electrons. The van der Waals surface area contributed by atoms with Crippen molar-refractivity contribution in [3.63, 3.8) is 0 Å². The number of aromatic nitrogens is 3. The first-order chi connectivity index (χ1) is 15.8. The van der Waals surface area contributed by atoms with E-state index in [2.05, 4.69) is 36.2 Å². The molecule has 3 heterocycles.